The molecule has 0 atom stereocenters. The van der Waals surface area contributed by atoms with Crippen molar-refractivity contribution in [3.8, 4) is 5.75 Å². The predicted molar refractivity (Wildman–Crippen MR) is 83.4 cm³/mol. The monoisotopic (exact) mass is 275 g/mol. The van der Waals surface area contributed by atoms with Crippen molar-refractivity contribution in [1.29, 1.82) is 0 Å². The average molecular weight is 275 g/mol. The van der Waals surface area contributed by atoms with Gasteiger partial charge in [-0.1, -0.05) is 18.2 Å². The Bertz CT molecular complexity index is 523. The lowest BCUT2D eigenvalue weighted by atomic mass is 10.2. The molecule has 2 aromatic rings. The number of nitrogens with one attached hydrogen (secondary N) is 1. The van der Waals surface area contributed by atoms with Crippen molar-refractivity contribution in [2.24, 2.45) is 0 Å². The van der Waals surface area contributed by atoms with E-state index in [4.69, 9.17) is 16.3 Å². The molecule has 5 heteroatoms. The molecule has 0 radical (unpaired) electrons. The van der Waals surface area contributed by atoms with Crippen LogP contribution in [0, 0.1) is 6.92 Å². The van der Waals surface area contributed by atoms with Gasteiger partial charge in [0.05, 0.1) is 23.7 Å². The number of hydrogen-bond donors (Lipinski definition) is 4. The molecular formula is C15H21N3O2. The van der Waals surface area contributed by atoms with Crippen LogP contribution >= 0.6 is 0 Å². The smallest absolute Gasteiger partial charge is 0.120 e. The number of aromatic hydroxyl groups is 1. The summed E-state index contributed by atoms with van der Waals surface area (Å²) in [4.78, 5) is 4.99. The van der Waals surface area contributed by atoms with E-state index in [0.717, 1.165) is 11.3 Å². The standard InChI is InChI=1S/C9H13NO2.C6H8N2/c1-3-12-10-8-5-4-6-9(11)7(8)2;7-5-3-1-2-4-6(5)8/h4-6,10-11H,3H2,1-2H3;1-4H,7-8H2. The average Bonchev–Trinajstić information content (AvgIpc) is 2.44. The van der Waals surface area contributed by atoms with E-state index >= 15 is 0 Å². The molecule has 0 spiro atoms. The van der Waals surface area contributed by atoms with Crippen LogP contribution in [-0.4, -0.2) is 11.7 Å². The zero-order valence-corrected chi connectivity index (χ0v) is 11.8. The molecule has 20 heavy (non-hydrogen) atoms. The van der Waals surface area contributed by atoms with Gasteiger partial charge in [-0.25, -0.2) is 0 Å². The highest BCUT2D eigenvalue weighted by atomic mass is 16.6. The molecule has 6 N–H and O–H groups in total. The molecule has 0 aromatic heterocycles. The predicted octanol–water partition coefficient (Wildman–Crippen LogP) is 2.92. The summed E-state index contributed by atoms with van der Waals surface area (Å²) >= 11 is 0. The van der Waals surface area contributed by atoms with Gasteiger partial charge in [0.2, 0.25) is 0 Å². The van der Waals surface area contributed by atoms with Crippen LogP contribution in [0.4, 0.5) is 17.1 Å². The number of benzene rings is 2. The van der Waals surface area contributed by atoms with E-state index in [1.807, 2.05) is 32.0 Å². The van der Waals surface area contributed by atoms with Crippen LogP contribution < -0.4 is 16.9 Å². The number of phenolic OH excluding ortho intramolecular Hbond substituents is 1. The molecule has 0 saturated carbocycles. The second-order valence-corrected chi connectivity index (χ2v) is 4.11. The van der Waals surface area contributed by atoms with Gasteiger partial charge in [-0.2, -0.15) is 0 Å². The quantitative estimate of drug-likeness (QED) is 0.510. The second-order valence-electron chi connectivity index (χ2n) is 4.11. The summed E-state index contributed by atoms with van der Waals surface area (Å²) in [5, 5.41) is 9.30. The van der Waals surface area contributed by atoms with Crippen molar-refractivity contribution in [2.75, 3.05) is 23.6 Å². The molecule has 2 aromatic carbocycles. The fourth-order valence-electron chi connectivity index (χ4n) is 1.39. The Kier molecular flexibility index (Phi) is 6.19. The first kappa shape index (κ1) is 15.7. The first-order valence-corrected chi connectivity index (χ1v) is 6.32. The van der Waals surface area contributed by atoms with Crippen molar-refractivity contribution in [1.82, 2.24) is 0 Å². The Morgan fingerprint density at radius 3 is 2.15 bits per heavy atom. The second kappa shape index (κ2) is 7.91. The van der Waals surface area contributed by atoms with E-state index in [1.54, 1.807) is 24.3 Å². The molecule has 0 heterocycles. The molecule has 5 nitrogen and oxygen atoms in total. The molecule has 0 saturated heterocycles. The van der Waals surface area contributed by atoms with Crippen LogP contribution in [0.2, 0.25) is 0 Å². The lowest BCUT2D eigenvalue weighted by Crippen LogP contribution is -2.01. The minimum Gasteiger partial charge on any atom is -0.508 e. The largest absolute Gasteiger partial charge is 0.508 e. The third kappa shape index (κ3) is 4.70. The van der Waals surface area contributed by atoms with Crippen LogP contribution in [0.25, 0.3) is 0 Å². The molecule has 2 rings (SSSR count). The fourth-order valence-corrected chi connectivity index (χ4v) is 1.39. The van der Waals surface area contributed by atoms with Gasteiger partial charge < -0.3 is 16.6 Å². The highest BCUT2D eigenvalue weighted by molar-refractivity contribution is 5.62. The first-order valence-electron chi connectivity index (χ1n) is 6.32. The van der Waals surface area contributed by atoms with Crippen LogP contribution in [0.1, 0.15) is 12.5 Å². The molecule has 0 aliphatic heterocycles. The molecule has 0 unspecified atom stereocenters. The Balaban J connectivity index is 0.000000217. The van der Waals surface area contributed by atoms with Crippen LogP contribution in [-0.2, 0) is 4.84 Å². The summed E-state index contributed by atoms with van der Waals surface area (Å²) in [6.45, 7) is 4.32. The Hall–Kier alpha value is -2.40. The summed E-state index contributed by atoms with van der Waals surface area (Å²) in [5.74, 6) is 0.278. The SMILES string of the molecule is CCONc1cccc(O)c1C.Nc1ccccc1N. The Morgan fingerprint density at radius 1 is 1.05 bits per heavy atom. The van der Waals surface area contributed by atoms with Gasteiger partial charge in [-0.05, 0) is 38.1 Å². The number of hydrogen-bond acceptors (Lipinski definition) is 5. The molecular weight excluding hydrogens is 254 g/mol. The van der Waals surface area contributed by atoms with Crippen molar-refractivity contribution >= 4 is 17.1 Å². The van der Waals surface area contributed by atoms with Gasteiger partial charge in [0.25, 0.3) is 0 Å². The molecule has 0 amide bonds. The minimum absolute atomic E-state index is 0.278. The van der Waals surface area contributed by atoms with Gasteiger partial charge >= 0.3 is 0 Å². The van der Waals surface area contributed by atoms with Gasteiger partial charge in [0.15, 0.2) is 0 Å². The van der Waals surface area contributed by atoms with Crippen molar-refractivity contribution in [3.05, 3.63) is 48.0 Å². The summed E-state index contributed by atoms with van der Waals surface area (Å²) in [6, 6.07) is 12.5. The number of nitrogen functional groups attached to an aromatic ring is 2. The van der Waals surface area contributed by atoms with Gasteiger partial charge in [0.1, 0.15) is 5.75 Å². The van der Waals surface area contributed by atoms with E-state index in [9.17, 15) is 5.11 Å². The van der Waals surface area contributed by atoms with E-state index in [0.29, 0.717) is 18.0 Å². The lowest BCUT2D eigenvalue weighted by molar-refractivity contribution is 0.210. The molecule has 108 valence electrons. The topological polar surface area (TPSA) is 93.5 Å². The van der Waals surface area contributed by atoms with E-state index in [2.05, 4.69) is 5.48 Å². The molecule has 0 fully saturated rings. The zero-order valence-electron chi connectivity index (χ0n) is 11.8. The summed E-state index contributed by atoms with van der Waals surface area (Å²) in [7, 11) is 0. The maximum atomic E-state index is 9.30. The van der Waals surface area contributed by atoms with Crippen molar-refractivity contribution in [2.45, 2.75) is 13.8 Å². The van der Waals surface area contributed by atoms with Crippen molar-refractivity contribution < 1.29 is 9.94 Å². The van der Waals surface area contributed by atoms with Crippen LogP contribution in [0.3, 0.4) is 0 Å². The van der Waals surface area contributed by atoms with Crippen LogP contribution in [0.5, 0.6) is 5.75 Å². The van der Waals surface area contributed by atoms with Crippen molar-refractivity contribution in [3.63, 3.8) is 0 Å². The van der Waals surface area contributed by atoms with E-state index in [-0.39, 0.29) is 5.75 Å². The summed E-state index contributed by atoms with van der Waals surface area (Å²) in [6.07, 6.45) is 0. The third-order valence-electron chi connectivity index (χ3n) is 2.63. The fraction of sp³-hybridized carbons (Fsp3) is 0.200. The van der Waals surface area contributed by atoms with Crippen LogP contribution in [0.15, 0.2) is 42.5 Å². The first-order chi connectivity index (χ1) is 9.56. The zero-order chi connectivity index (χ0) is 15.0. The summed E-state index contributed by atoms with van der Waals surface area (Å²) in [5.41, 5.74) is 16.4. The Morgan fingerprint density at radius 2 is 1.65 bits per heavy atom. The number of nitrogens with two attached hydrogens (primary N) is 2. The normalized spacial score (nSPS) is 9.50. The Labute approximate surface area is 119 Å². The van der Waals surface area contributed by atoms with Gasteiger partial charge in [-0.3, -0.25) is 10.3 Å². The molecule has 0 aliphatic carbocycles. The molecule has 0 bridgehead atoms. The minimum atomic E-state index is 0.278. The number of rotatable bonds is 3. The maximum Gasteiger partial charge on any atom is 0.120 e. The number of anilines is 3. The highest BCUT2D eigenvalue weighted by Gasteiger charge is 2.00. The number of para-hydroxylation sites is 2. The third-order valence-corrected chi connectivity index (χ3v) is 2.63. The lowest BCUT2D eigenvalue weighted by Gasteiger charge is -2.08. The summed E-state index contributed by atoms with van der Waals surface area (Å²) < 4.78 is 0. The van der Waals surface area contributed by atoms with Gasteiger partial charge in [-0.15, -0.1) is 0 Å². The molecule has 0 aliphatic rings. The van der Waals surface area contributed by atoms with E-state index < -0.39 is 0 Å². The van der Waals surface area contributed by atoms with E-state index in [1.165, 1.54) is 0 Å². The maximum absolute atomic E-state index is 9.30. The van der Waals surface area contributed by atoms with Gasteiger partial charge in [0, 0.05) is 5.56 Å². The highest BCUT2D eigenvalue weighted by Crippen LogP contribution is 2.23. The number of phenols is 1.